The van der Waals surface area contributed by atoms with Crippen molar-refractivity contribution < 1.29 is 9.32 Å². The Hall–Kier alpha value is -2.30. The molecule has 0 saturated carbocycles. The molecule has 1 heterocycles. The van der Waals surface area contributed by atoms with Crippen molar-refractivity contribution in [3.05, 3.63) is 47.7 Å². The van der Waals surface area contributed by atoms with E-state index in [0.717, 1.165) is 11.3 Å². The first kappa shape index (κ1) is 15.1. The first-order valence-corrected chi connectivity index (χ1v) is 6.96. The normalized spacial score (nSPS) is 12.8. The van der Waals surface area contributed by atoms with Gasteiger partial charge >= 0.3 is 6.03 Å². The lowest BCUT2D eigenvalue weighted by Crippen LogP contribution is -2.31. The van der Waals surface area contributed by atoms with Crippen LogP contribution in [0.4, 0.5) is 10.6 Å². The second-order valence-corrected chi connectivity index (χ2v) is 6.06. The lowest BCUT2D eigenvalue weighted by molar-refractivity contribution is 0.249. The monoisotopic (exact) mass is 287 g/mol. The Labute approximate surface area is 124 Å². The Balaban J connectivity index is 1.94. The van der Waals surface area contributed by atoms with Crippen molar-refractivity contribution in [2.75, 3.05) is 5.32 Å². The van der Waals surface area contributed by atoms with Gasteiger partial charge in [-0.2, -0.15) is 0 Å². The van der Waals surface area contributed by atoms with Crippen LogP contribution in [0.3, 0.4) is 0 Å². The molecule has 1 atom stereocenters. The molecule has 0 bridgehead atoms. The van der Waals surface area contributed by atoms with E-state index in [2.05, 4.69) is 15.8 Å². The fraction of sp³-hybridized carbons (Fsp3) is 0.375. The van der Waals surface area contributed by atoms with Gasteiger partial charge in [0.1, 0.15) is 5.76 Å². The number of nitrogens with one attached hydrogen (secondary N) is 2. The van der Waals surface area contributed by atoms with E-state index in [1.807, 2.05) is 58.0 Å². The molecule has 0 fully saturated rings. The van der Waals surface area contributed by atoms with Crippen molar-refractivity contribution in [1.82, 2.24) is 10.5 Å². The van der Waals surface area contributed by atoms with E-state index in [4.69, 9.17) is 4.52 Å². The maximum atomic E-state index is 12.0. The Morgan fingerprint density at radius 1 is 1.24 bits per heavy atom. The van der Waals surface area contributed by atoms with Crippen molar-refractivity contribution in [3.8, 4) is 0 Å². The molecule has 5 heteroatoms. The third kappa shape index (κ3) is 4.08. The zero-order valence-corrected chi connectivity index (χ0v) is 12.8. The van der Waals surface area contributed by atoms with Gasteiger partial charge in [-0.3, -0.25) is 5.32 Å². The molecule has 2 amide bonds. The number of nitrogens with zero attached hydrogens (tertiary/aromatic N) is 1. The minimum atomic E-state index is -0.305. The largest absolute Gasteiger partial charge is 0.359 e. The van der Waals surface area contributed by atoms with Gasteiger partial charge in [-0.15, -0.1) is 0 Å². The number of rotatable bonds is 3. The molecular formula is C16H21N3O2. The summed E-state index contributed by atoms with van der Waals surface area (Å²) in [5.74, 6) is 1.14. The number of amides is 2. The summed E-state index contributed by atoms with van der Waals surface area (Å²) in [5, 5.41) is 9.40. The zero-order chi connectivity index (χ0) is 15.5. The number of benzene rings is 1. The highest BCUT2D eigenvalue weighted by molar-refractivity contribution is 5.88. The minimum absolute atomic E-state index is 0.0832. The average Bonchev–Trinajstić information content (AvgIpc) is 2.88. The van der Waals surface area contributed by atoms with Crippen LogP contribution in [-0.4, -0.2) is 11.2 Å². The maximum absolute atomic E-state index is 12.0. The summed E-state index contributed by atoms with van der Waals surface area (Å²) in [4.78, 5) is 12.0. The topological polar surface area (TPSA) is 67.2 Å². The first-order valence-electron chi connectivity index (χ1n) is 6.96. The van der Waals surface area contributed by atoms with Crippen LogP contribution in [-0.2, 0) is 5.41 Å². The van der Waals surface area contributed by atoms with E-state index < -0.39 is 0 Å². The summed E-state index contributed by atoms with van der Waals surface area (Å²) < 4.78 is 5.23. The molecule has 0 saturated heterocycles. The fourth-order valence-electron chi connectivity index (χ4n) is 1.86. The van der Waals surface area contributed by atoms with Crippen molar-refractivity contribution in [1.29, 1.82) is 0 Å². The van der Waals surface area contributed by atoms with Gasteiger partial charge in [-0.25, -0.2) is 4.79 Å². The molecule has 5 nitrogen and oxygen atoms in total. The smallest absolute Gasteiger partial charge is 0.320 e. The second-order valence-electron chi connectivity index (χ2n) is 6.06. The summed E-state index contributed by atoms with van der Waals surface area (Å²) in [6.45, 7) is 8.00. The second kappa shape index (κ2) is 5.99. The minimum Gasteiger partial charge on any atom is -0.359 e. The summed E-state index contributed by atoms with van der Waals surface area (Å²) in [5.41, 5.74) is 0.906. The van der Waals surface area contributed by atoms with Crippen LogP contribution in [0.15, 0.2) is 40.9 Å². The summed E-state index contributed by atoms with van der Waals surface area (Å²) in [7, 11) is 0. The highest BCUT2D eigenvalue weighted by Gasteiger charge is 2.20. The third-order valence-electron chi connectivity index (χ3n) is 3.14. The van der Waals surface area contributed by atoms with Gasteiger partial charge in [0.15, 0.2) is 5.82 Å². The molecule has 1 aromatic carbocycles. The van der Waals surface area contributed by atoms with Crippen LogP contribution in [0.5, 0.6) is 0 Å². The number of aromatic nitrogens is 1. The Morgan fingerprint density at radius 2 is 1.90 bits per heavy atom. The summed E-state index contributed by atoms with van der Waals surface area (Å²) >= 11 is 0. The van der Waals surface area contributed by atoms with E-state index in [-0.39, 0.29) is 17.5 Å². The van der Waals surface area contributed by atoms with Crippen LogP contribution < -0.4 is 10.6 Å². The SMILES string of the molecule is CC(NC(=O)Nc1cc(C(C)(C)C)on1)c1ccccc1. The van der Waals surface area contributed by atoms with Gasteiger partial charge in [-0.1, -0.05) is 56.3 Å². The summed E-state index contributed by atoms with van der Waals surface area (Å²) in [6.07, 6.45) is 0. The van der Waals surface area contributed by atoms with E-state index in [1.165, 1.54) is 0 Å². The number of hydrogen-bond acceptors (Lipinski definition) is 3. The molecule has 21 heavy (non-hydrogen) atoms. The van der Waals surface area contributed by atoms with E-state index in [1.54, 1.807) is 6.07 Å². The van der Waals surface area contributed by atoms with Crippen molar-refractivity contribution in [2.24, 2.45) is 0 Å². The number of carbonyl (C=O) groups excluding carboxylic acids is 1. The van der Waals surface area contributed by atoms with E-state index >= 15 is 0 Å². The molecule has 1 aromatic heterocycles. The predicted octanol–water partition coefficient (Wildman–Crippen LogP) is 3.85. The summed E-state index contributed by atoms with van der Waals surface area (Å²) in [6, 6.07) is 11.1. The molecular weight excluding hydrogens is 266 g/mol. The highest BCUT2D eigenvalue weighted by atomic mass is 16.5. The lowest BCUT2D eigenvalue weighted by atomic mass is 9.93. The average molecular weight is 287 g/mol. The molecule has 0 radical (unpaired) electrons. The number of hydrogen-bond donors (Lipinski definition) is 2. The maximum Gasteiger partial charge on any atom is 0.320 e. The lowest BCUT2D eigenvalue weighted by Gasteiger charge is -2.14. The van der Waals surface area contributed by atoms with Crippen LogP contribution >= 0.6 is 0 Å². The van der Waals surface area contributed by atoms with Crippen LogP contribution in [0, 0.1) is 0 Å². The Morgan fingerprint density at radius 3 is 2.48 bits per heavy atom. The fourth-order valence-corrected chi connectivity index (χ4v) is 1.86. The van der Waals surface area contributed by atoms with Crippen LogP contribution in [0.25, 0.3) is 0 Å². The van der Waals surface area contributed by atoms with Crippen molar-refractivity contribution >= 4 is 11.8 Å². The van der Waals surface area contributed by atoms with Gasteiger partial charge in [0.25, 0.3) is 0 Å². The molecule has 2 rings (SSSR count). The molecule has 0 aliphatic carbocycles. The highest BCUT2D eigenvalue weighted by Crippen LogP contribution is 2.24. The number of anilines is 1. The van der Waals surface area contributed by atoms with E-state index in [0.29, 0.717) is 5.82 Å². The molecule has 0 aliphatic heterocycles. The van der Waals surface area contributed by atoms with Crippen molar-refractivity contribution in [2.45, 2.75) is 39.2 Å². The van der Waals surface area contributed by atoms with Crippen molar-refractivity contribution in [3.63, 3.8) is 0 Å². The van der Waals surface area contributed by atoms with Gasteiger partial charge in [-0.05, 0) is 12.5 Å². The molecule has 1 unspecified atom stereocenters. The van der Waals surface area contributed by atoms with Gasteiger partial charge in [0.2, 0.25) is 0 Å². The molecule has 2 N–H and O–H groups in total. The van der Waals surface area contributed by atoms with Gasteiger partial charge in [0, 0.05) is 11.5 Å². The third-order valence-corrected chi connectivity index (χ3v) is 3.14. The quantitative estimate of drug-likeness (QED) is 0.901. The predicted molar refractivity (Wildman–Crippen MR) is 82.2 cm³/mol. The van der Waals surface area contributed by atoms with Gasteiger partial charge in [0.05, 0.1) is 6.04 Å². The Kier molecular flexibility index (Phi) is 4.31. The number of carbonyl (C=O) groups is 1. The standard InChI is InChI=1S/C16H21N3O2/c1-11(12-8-6-5-7-9-12)17-15(20)18-14-10-13(21-19-14)16(2,3)4/h5-11H,1-4H3,(H2,17,18,19,20). The Bertz CT molecular complexity index is 599. The zero-order valence-electron chi connectivity index (χ0n) is 12.8. The van der Waals surface area contributed by atoms with Crippen LogP contribution in [0.1, 0.15) is 45.1 Å². The first-order chi connectivity index (χ1) is 9.86. The number of urea groups is 1. The van der Waals surface area contributed by atoms with E-state index in [9.17, 15) is 4.79 Å². The molecule has 2 aromatic rings. The molecule has 0 aliphatic rings. The van der Waals surface area contributed by atoms with Crippen LogP contribution in [0.2, 0.25) is 0 Å². The molecule has 0 spiro atoms. The molecule has 112 valence electrons. The van der Waals surface area contributed by atoms with Gasteiger partial charge < -0.3 is 9.84 Å².